The van der Waals surface area contributed by atoms with E-state index in [0.717, 1.165) is 17.7 Å². The summed E-state index contributed by atoms with van der Waals surface area (Å²) >= 11 is 0. The van der Waals surface area contributed by atoms with Gasteiger partial charge in [-0.3, -0.25) is 0 Å². The van der Waals surface area contributed by atoms with Crippen LogP contribution in [0.4, 0.5) is 0 Å². The van der Waals surface area contributed by atoms with Crippen molar-refractivity contribution < 1.29 is 8.42 Å². The molecule has 3 nitrogen and oxygen atoms in total. The molecule has 1 aliphatic rings. The number of hydrogen-bond acceptors (Lipinski definition) is 3. The molecule has 0 unspecified atom stereocenters. The first-order valence-electron chi connectivity index (χ1n) is 6.55. The van der Waals surface area contributed by atoms with Gasteiger partial charge in [-0.1, -0.05) is 24.3 Å². The zero-order valence-corrected chi connectivity index (χ0v) is 11.7. The lowest BCUT2D eigenvalue weighted by atomic mass is 10.1. The Labute approximate surface area is 110 Å². The van der Waals surface area contributed by atoms with Crippen LogP contribution in [0.25, 0.3) is 0 Å². The van der Waals surface area contributed by atoms with Crippen LogP contribution < -0.4 is 5.32 Å². The highest BCUT2D eigenvalue weighted by Gasteiger charge is 2.20. The molecular formula is C14H21NO2S. The van der Waals surface area contributed by atoms with Crippen LogP contribution in [-0.4, -0.2) is 26.8 Å². The molecule has 0 atom stereocenters. The Morgan fingerprint density at radius 3 is 2.67 bits per heavy atom. The Kier molecular flexibility index (Phi) is 4.40. The largest absolute Gasteiger partial charge is 0.314 e. The summed E-state index contributed by atoms with van der Waals surface area (Å²) in [5.41, 5.74) is 1.98. The van der Waals surface area contributed by atoms with E-state index in [0.29, 0.717) is 12.5 Å². The Morgan fingerprint density at radius 2 is 2.00 bits per heavy atom. The van der Waals surface area contributed by atoms with Gasteiger partial charge in [0.2, 0.25) is 0 Å². The highest BCUT2D eigenvalue weighted by atomic mass is 32.2. The quantitative estimate of drug-likeness (QED) is 0.769. The summed E-state index contributed by atoms with van der Waals surface area (Å²) in [6, 6.07) is 8.34. The maximum Gasteiger partial charge on any atom is 0.154 e. The van der Waals surface area contributed by atoms with Crippen molar-refractivity contribution in [3.63, 3.8) is 0 Å². The number of hydrogen-bond donors (Lipinski definition) is 1. The van der Waals surface area contributed by atoms with E-state index in [1.807, 2.05) is 31.2 Å². The molecule has 0 bridgehead atoms. The molecule has 0 spiro atoms. The molecule has 1 aromatic carbocycles. The number of rotatable bonds is 7. The van der Waals surface area contributed by atoms with E-state index >= 15 is 0 Å². The predicted octanol–water partition coefficient (Wildman–Crippen LogP) is 2.05. The first kappa shape index (κ1) is 13.6. The highest BCUT2D eigenvalue weighted by molar-refractivity contribution is 7.90. The van der Waals surface area contributed by atoms with Gasteiger partial charge in [0, 0.05) is 6.04 Å². The van der Waals surface area contributed by atoms with Crippen molar-refractivity contribution in [1.82, 2.24) is 5.32 Å². The topological polar surface area (TPSA) is 46.2 Å². The summed E-state index contributed by atoms with van der Waals surface area (Å²) in [6.07, 6.45) is 3.20. The van der Waals surface area contributed by atoms with Gasteiger partial charge in [0.1, 0.15) is 0 Å². The van der Waals surface area contributed by atoms with Crippen molar-refractivity contribution in [3.05, 3.63) is 35.4 Å². The van der Waals surface area contributed by atoms with Gasteiger partial charge in [-0.25, -0.2) is 8.42 Å². The standard InChI is InChI=1S/C14H21NO2S/c1-12-5-2-3-6-13(12)11-18(16,17)10-4-9-15-14-7-8-14/h2-3,5-6,14-15H,4,7-11H2,1H3. The van der Waals surface area contributed by atoms with E-state index in [1.54, 1.807) is 0 Å². The molecule has 0 aliphatic heterocycles. The molecule has 4 heteroatoms. The lowest BCUT2D eigenvalue weighted by Gasteiger charge is -2.07. The number of benzene rings is 1. The van der Waals surface area contributed by atoms with Crippen LogP contribution in [0.15, 0.2) is 24.3 Å². The monoisotopic (exact) mass is 267 g/mol. The van der Waals surface area contributed by atoms with Crippen LogP contribution >= 0.6 is 0 Å². The Hall–Kier alpha value is -0.870. The second-order valence-corrected chi connectivity index (χ2v) is 7.28. The average molecular weight is 267 g/mol. The summed E-state index contributed by atoms with van der Waals surface area (Å²) < 4.78 is 24.0. The molecule has 1 fully saturated rings. The third-order valence-electron chi connectivity index (χ3n) is 3.28. The molecule has 2 rings (SSSR count). The third-order valence-corrected chi connectivity index (χ3v) is 4.94. The van der Waals surface area contributed by atoms with E-state index in [-0.39, 0.29) is 11.5 Å². The fourth-order valence-electron chi connectivity index (χ4n) is 1.97. The zero-order chi connectivity index (χ0) is 13.0. The molecule has 1 N–H and O–H groups in total. The lowest BCUT2D eigenvalue weighted by molar-refractivity contribution is 0.587. The van der Waals surface area contributed by atoms with Crippen LogP contribution in [0, 0.1) is 6.92 Å². The highest BCUT2D eigenvalue weighted by Crippen LogP contribution is 2.18. The second-order valence-electron chi connectivity index (χ2n) is 5.10. The predicted molar refractivity (Wildman–Crippen MR) is 74.3 cm³/mol. The van der Waals surface area contributed by atoms with Crippen LogP contribution in [-0.2, 0) is 15.6 Å². The van der Waals surface area contributed by atoms with E-state index in [9.17, 15) is 8.42 Å². The number of sulfone groups is 1. The summed E-state index contributed by atoms with van der Waals surface area (Å²) in [5, 5.41) is 3.34. The van der Waals surface area contributed by atoms with E-state index in [2.05, 4.69) is 5.32 Å². The van der Waals surface area contributed by atoms with Crippen LogP contribution in [0.1, 0.15) is 30.4 Å². The minimum absolute atomic E-state index is 0.170. The Bertz CT molecular complexity index is 492. The minimum atomic E-state index is -2.97. The molecule has 0 amide bonds. The maximum atomic E-state index is 12.0. The number of aryl methyl sites for hydroxylation is 1. The van der Waals surface area contributed by atoms with Crippen LogP contribution in [0.3, 0.4) is 0 Å². The first-order chi connectivity index (χ1) is 8.57. The van der Waals surface area contributed by atoms with Crippen molar-refractivity contribution in [2.24, 2.45) is 0 Å². The van der Waals surface area contributed by atoms with Gasteiger partial charge in [-0.2, -0.15) is 0 Å². The van der Waals surface area contributed by atoms with Gasteiger partial charge < -0.3 is 5.32 Å². The van der Waals surface area contributed by atoms with Gasteiger partial charge in [-0.05, 0) is 43.9 Å². The van der Waals surface area contributed by atoms with E-state index < -0.39 is 9.84 Å². The SMILES string of the molecule is Cc1ccccc1CS(=O)(=O)CCCNC1CC1. The summed E-state index contributed by atoms with van der Waals surface area (Å²) in [4.78, 5) is 0. The van der Waals surface area contributed by atoms with Crippen molar-refractivity contribution >= 4 is 9.84 Å². The molecule has 18 heavy (non-hydrogen) atoms. The average Bonchev–Trinajstić information content (AvgIpc) is 3.12. The summed E-state index contributed by atoms with van der Waals surface area (Å²) in [6.45, 7) is 2.77. The molecule has 1 aliphatic carbocycles. The van der Waals surface area contributed by atoms with Crippen LogP contribution in [0.2, 0.25) is 0 Å². The molecule has 0 saturated heterocycles. The molecular weight excluding hydrogens is 246 g/mol. The molecule has 0 heterocycles. The second kappa shape index (κ2) is 5.85. The van der Waals surface area contributed by atoms with E-state index in [1.165, 1.54) is 12.8 Å². The van der Waals surface area contributed by atoms with Gasteiger partial charge >= 0.3 is 0 Å². The normalized spacial score (nSPS) is 15.8. The maximum absolute atomic E-state index is 12.0. The first-order valence-corrected chi connectivity index (χ1v) is 8.37. The molecule has 100 valence electrons. The Balaban J connectivity index is 1.80. The van der Waals surface area contributed by atoms with Crippen molar-refractivity contribution in [3.8, 4) is 0 Å². The molecule has 0 radical (unpaired) electrons. The molecule has 1 aromatic rings. The summed E-state index contributed by atoms with van der Waals surface area (Å²) in [7, 11) is -2.97. The van der Waals surface area contributed by atoms with Gasteiger partial charge in [0.05, 0.1) is 11.5 Å². The summed E-state index contributed by atoms with van der Waals surface area (Å²) in [5.74, 6) is 0.449. The smallest absolute Gasteiger partial charge is 0.154 e. The van der Waals surface area contributed by atoms with Crippen molar-refractivity contribution in [2.45, 2.75) is 38.0 Å². The number of nitrogens with one attached hydrogen (secondary N) is 1. The van der Waals surface area contributed by atoms with Gasteiger partial charge in [0.15, 0.2) is 9.84 Å². The van der Waals surface area contributed by atoms with Crippen molar-refractivity contribution in [2.75, 3.05) is 12.3 Å². The van der Waals surface area contributed by atoms with Crippen LogP contribution in [0.5, 0.6) is 0 Å². The fraction of sp³-hybridized carbons (Fsp3) is 0.571. The van der Waals surface area contributed by atoms with Crippen molar-refractivity contribution in [1.29, 1.82) is 0 Å². The minimum Gasteiger partial charge on any atom is -0.314 e. The molecule has 0 aromatic heterocycles. The van der Waals surface area contributed by atoms with Gasteiger partial charge in [0.25, 0.3) is 0 Å². The Morgan fingerprint density at radius 1 is 1.28 bits per heavy atom. The fourth-order valence-corrected chi connectivity index (χ4v) is 3.49. The molecule has 1 saturated carbocycles. The van der Waals surface area contributed by atoms with Gasteiger partial charge in [-0.15, -0.1) is 0 Å². The lowest BCUT2D eigenvalue weighted by Crippen LogP contribution is -2.21. The van der Waals surface area contributed by atoms with E-state index in [4.69, 9.17) is 0 Å². The zero-order valence-electron chi connectivity index (χ0n) is 10.9. The third kappa shape index (κ3) is 4.42.